The average Bonchev–Trinajstić information content (AvgIpc) is 3.06. The van der Waals surface area contributed by atoms with Crippen LogP contribution < -0.4 is 5.32 Å². The van der Waals surface area contributed by atoms with Crippen LogP contribution in [0.3, 0.4) is 0 Å². The largest absolute Gasteiger partial charge is 0.492 e. The number of anilines is 1. The second kappa shape index (κ2) is 14.0. The van der Waals surface area contributed by atoms with Crippen LogP contribution in [-0.2, 0) is 27.1 Å². The highest BCUT2D eigenvalue weighted by Gasteiger charge is 2.08. The molecule has 0 saturated carbocycles. The molecule has 1 aliphatic carbocycles. The molecule has 0 heterocycles. The van der Waals surface area contributed by atoms with E-state index in [1.807, 2.05) is 36.4 Å². The van der Waals surface area contributed by atoms with Crippen molar-refractivity contribution in [2.75, 3.05) is 31.7 Å². The molecule has 5 nitrogen and oxygen atoms in total. The third-order valence-corrected chi connectivity index (χ3v) is 5.34. The Morgan fingerprint density at radius 1 is 0.939 bits per heavy atom. The van der Waals surface area contributed by atoms with Gasteiger partial charge in [-0.3, -0.25) is 4.79 Å². The number of carbonyl (C=O) groups is 1. The molecule has 2 N–H and O–H groups in total. The number of hydrogen-bond acceptors (Lipinski definition) is 4. The molecule has 0 aliphatic heterocycles. The quantitative estimate of drug-likeness (QED) is 0.379. The number of carboxylic acids is 1. The fraction of sp³-hybridized carbons (Fsp3) is 0.321. The number of nitrogens with one attached hydrogen (secondary N) is 1. The van der Waals surface area contributed by atoms with Crippen LogP contribution in [-0.4, -0.2) is 37.4 Å². The van der Waals surface area contributed by atoms with Gasteiger partial charge in [-0.1, -0.05) is 60.7 Å². The van der Waals surface area contributed by atoms with Crippen LogP contribution in [0, 0.1) is 5.92 Å². The summed E-state index contributed by atoms with van der Waals surface area (Å²) in [5.41, 5.74) is 3.70. The van der Waals surface area contributed by atoms with Crippen LogP contribution >= 0.6 is 0 Å². The van der Waals surface area contributed by atoms with Crippen LogP contribution in [0.1, 0.15) is 24.0 Å². The summed E-state index contributed by atoms with van der Waals surface area (Å²) in [6.07, 6.45) is 12.3. The first kappa shape index (κ1) is 24.3. The van der Waals surface area contributed by atoms with Crippen LogP contribution in [0.5, 0.6) is 0 Å². The molecule has 1 atom stereocenters. The van der Waals surface area contributed by atoms with Gasteiger partial charge >= 0.3 is 5.97 Å². The second-order valence-corrected chi connectivity index (χ2v) is 7.98. The highest BCUT2D eigenvalue weighted by Crippen LogP contribution is 2.17. The van der Waals surface area contributed by atoms with Crippen molar-refractivity contribution in [3.8, 4) is 0 Å². The lowest BCUT2D eigenvalue weighted by Crippen LogP contribution is -2.08. The molecular weight excluding hydrogens is 414 g/mol. The summed E-state index contributed by atoms with van der Waals surface area (Å²) in [6.45, 7) is 2.50. The predicted octanol–water partition coefficient (Wildman–Crippen LogP) is 5.41. The van der Waals surface area contributed by atoms with E-state index in [9.17, 15) is 4.79 Å². The first-order valence-electron chi connectivity index (χ1n) is 11.5. The Balaban J connectivity index is 1.31. The molecule has 0 saturated heterocycles. The van der Waals surface area contributed by atoms with Gasteiger partial charge in [0.15, 0.2) is 0 Å². The van der Waals surface area contributed by atoms with Gasteiger partial charge in [-0.2, -0.15) is 0 Å². The first-order valence-corrected chi connectivity index (χ1v) is 11.5. The Kier molecular flexibility index (Phi) is 10.3. The zero-order chi connectivity index (χ0) is 23.1. The summed E-state index contributed by atoms with van der Waals surface area (Å²) in [5, 5.41) is 12.4. The predicted molar refractivity (Wildman–Crippen MR) is 132 cm³/mol. The maximum atomic E-state index is 10.8. The molecule has 0 radical (unpaired) electrons. The molecule has 33 heavy (non-hydrogen) atoms. The number of allylic oxidation sites excluding steroid dienone is 5. The van der Waals surface area contributed by atoms with Crippen molar-refractivity contribution in [2.45, 2.75) is 25.7 Å². The van der Waals surface area contributed by atoms with Crippen molar-refractivity contribution in [1.29, 1.82) is 0 Å². The number of rotatable bonds is 14. The minimum absolute atomic E-state index is 0.0700. The van der Waals surface area contributed by atoms with Crippen molar-refractivity contribution in [3.05, 3.63) is 102 Å². The molecular formula is C28H33NO4. The zero-order valence-electron chi connectivity index (χ0n) is 19.0. The maximum absolute atomic E-state index is 10.8. The summed E-state index contributed by atoms with van der Waals surface area (Å²) >= 11 is 0. The monoisotopic (exact) mass is 447 g/mol. The lowest BCUT2D eigenvalue weighted by Gasteiger charge is -2.11. The number of ether oxygens (including phenoxy) is 2. The van der Waals surface area contributed by atoms with Crippen molar-refractivity contribution < 1.29 is 19.4 Å². The van der Waals surface area contributed by atoms with Crippen LogP contribution in [0.4, 0.5) is 5.69 Å². The highest BCUT2D eigenvalue weighted by atomic mass is 16.5. The SMILES string of the molecule is O=C(O)CCC1C=CC=CC(OCCOCCc2cccc(NCCc3ccccc3)c2)=C1. The molecule has 0 spiro atoms. The summed E-state index contributed by atoms with van der Waals surface area (Å²) in [4.78, 5) is 10.8. The number of benzene rings is 2. The van der Waals surface area contributed by atoms with Gasteiger partial charge in [0.25, 0.3) is 0 Å². The first-order chi connectivity index (χ1) is 16.2. The number of aliphatic carboxylic acids is 1. The Hall–Kier alpha value is -3.31. The Bertz CT molecular complexity index is 949. The zero-order valence-corrected chi connectivity index (χ0v) is 19.0. The van der Waals surface area contributed by atoms with Gasteiger partial charge in [0.2, 0.25) is 0 Å². The molecule has 1 aliphatic rings. The fourth-order valence-corrected chi connectivity index (χ4v) is 3.59. The van der Waals surface area contributed by atoms with Crippen LogP contribution in [0.2, 0.25) is 0 Å². The second-order valence-electron chi connectivity index (χ2n) is 7.98. The van der Waals surface area contributed by atoms with Crippen LogP contribution in [0.25, 0.3) is 0 Å². The summed E-state index contributed by atoms with van der Waals surface area (Å²) in [6, 6.07) is 18.9. The number of hydrogen-bond donors (Lipinski definition) is 2. The van der Waals surface area contributed by atoms with Crippen molar-refractivity contribution in [2.24, 2.45) is 5.92 Å². The van der Waals surface area contributed by atoms with E-state index >= 15 is 0 Å². The molecule has 3 rings (SSSR count). The normalized spacial score (nSPS) is 15.0. The summed E-state index contributed by atoms with van der Waals surface area (Å²) < 4.78 is 11.6. The minimum Gasteiger partial charge on any atom is -0.492 e. The molecule has 0 aromatic heterocycles. The molecule has 0 bridgehead atoms. The third-order valence-electron chi connectivity index (χ3n) is 5.34. The van der Waals surface area contributed by atoms with Crippen molar-refractivity contribution in [1.82, 2.24) is 0 Å². The lowest BCUT2D eigenvalue weighted by molar-refractivity contribution is -0.137. The van der Waals surface area contributed by atoms with Gasteiger partial charge in [0.1, 0.15) is 12.4 Å². The molecule has 174 valence electrons. The topological polar surface area (TPSA) is 67.8 Å². The van der Waals surface area contributed by atoms with E-state index in [4.69, 9.17) is 14.6 Å². The Morgan fingerprint density at radius 3 is 2.64 bits per heavy atom. The molecule has 2 aromatic rings. The third kappa shape index (κ3) is 9.79. The molecule has 5 heteroatoms. The fourth-order valence-electron chi connectivity index (χ4n) is 3.59. The smallest absolute Gasteiger partial charge is 0.303 e. The summed E-state index contributed by atoms with van der Waals surface area (Å²) in [5.74, 6) is 0.0484. The van der Waals surface area contributed by atoms with Crippen LogP contribution in [0.15, 0.2) is 90.7 Å². The van der Waals surface area contributed by atoms with E-state index in [0.717, 1.165) is 30.8 Å². The van der Waals surface area contributed by atoms with Gasteiger partial charge in [0, 0.05) is 18.7 Å². The van der Waals surface area contributed by atoms with Crippen molar-refractivity contribution >= 4 is 11.7 Å². The van der Waals surface area contributed by atoms with E-state index in [-0.39, 0.29) is 12.3 Å². The molecule has 1 unspecified atom stereocenters. The minimum atomic E-state index is -0.779. The lowest BCUT2D eigenvalue weighted by atomic mass is 10.0. The van der Waals surface area contributed by atoms with E-state index < -0.39 is 5.97 Å². The standard InChI is InChI=1S/C28H33NO4/c30-28(31)14-13-24-9-4-5-12-27(22-24)33-20-19-32-18-16-25-10-6-11-26(21-25)29-17-15-23-7-2-1-3-8-23/h1-12,21-22,24,29H,13-20H2,(H,30,31). The Labute approximate surface area is 196 Å². The van der Waals surface area contributed by atoms with Gasteiger partial charge in [-0.15, -0.1) is 0 Å². The van der Waals surface area contributed by atoms with E-state index in [1.54, 1.807) is 0 Å². The summed E-state index contributed by atoms with van der Waals surface area (Å²) in [7, 11) is 0. The molecule has 0 amide bonds. The van der Waals surface area contributed by atoms with E-state index in [2.05, 4.69) is 53.8 Å². The Morgan fingerprint density at radius 2 is 1.79 bits per heavy atom. The van der Waals surface area contributed by atoms with Gasteiger partial charge in [-0.05, 0) is 60.6 Å². The van der Waals surface area contributed by atoms with Gasteiger partial charge in [0.05, 0.1) is 13.2 Å². The van der Waals surface area contributed by atoms with Gasteiger partial charge < -0.3 is 19.9 Å². The average molecular weight is 448 g/mol. The van der Waals surface area contributed by atoms with Gasteiger partial charge in [-0.25, -0.2) is 0 Å². The van der Waals surface area contributed by atoms with E-state index in [0.29, 0.717) is 26.2 Å². The maximum Gasteiger partial charge on any atom is 0.303 e. The van der Waals surface area contributed by atoms with Crippen molar-refractivity contribution in [3.63, 3.8) is 0 Å². The highest BCUT2D eigenvalue weighted by molar-refractivity contribution is 5.66. The number of carboxylic acid groups (broad SMARTS) is 1. The van der Waals surface area contributed by atoms with E-state index in [1.165, 1.54) is 11.1 Å². The molecule has 0 fully saturated rings. The molecule has 2 aromatic carbocycles.